The molecule has 31 heavy (non-hydrogen) atoms. The van der Waals surface area contributed by atoms with Gasteiger partial charge in [0.1, 0.15) is 17.0 Å². The number of benzene rings is 1. The van der Waals surface area contributed by atoms with Gasteiger partial charge in [-0.15, -0.1) is 0 Å². The summed E-state index contributed by atoms with van der Waals surface area (Å²) in [6, 6.07) is 7.91. The number of nitrogens with one attached hydrogen (secondary N) is 1. The SMILES string of the molecule is CC(C)n1nc(-c2cccc(OC(F)F)c2)c2ncc(C(=O)NC(C)(C)[C@@H](C)O)cc21. The molecule has 0 saturated carbocycles. The zero-order valence-corrected chi connectivity index (χ0v) is 18.1. The van der Waals surface area contributed by atoms with Crippen LogP contribution >= 0.6 is 0 Å². The number of nitrogens with zero attached hydrogens (tertiary/aromatic N) is 3. The van der Waals surface area contributed by atoms with Crippen molar-refractivity contribution in [2.75, 3.05) is 0 Å². The number of alkyl halides is 2. The number of rotatable bonds is 7. The zero-order chi connectivity index (χ0) is 22.9. The average molecular weight is 432 g/mol. The second-order valence-corrected chi connectivity index (χ2v) is 8.24. The van der Waals surface area contributed by atoms with E-state index in [9.17, 15) is 18.7 Å². The molecule has 166 valence electrons. The monoisotopic (exact) mass is 432 g/mol. The summed E-state index contributed by atoms with van der Waals surface area (Å²) in [4.78, 5) is 17.2. The molecule has 1 amide bonds. The fraction of sp³-hybridized carbons (Fsp3) is 0.409. The van der Waals surface area contributed by atoms with E-state index in [1.165, 1.54) is 18.3 Å². The van der Waals surface area contributed by atoms with E-state index in [-0.39, 0.29) is 17.7 Å². The minimum Gasteiger partial charge on any atom is -0.435 e. The highest BCUT2D eigenvalue weighted by Gasteiger charge is 2.27. The van der Waals surface area contributed by atoms with E-state index in [0.717, 1.165) is 0 Å². The maximum absolute atomic E-state index is 12.7. The summed E-state index contributed by atoms with van der Waals surface area (Å²) in [6.45, 7) is 6.02. The van der Waals surface area contributed by atoms with Gasteiger partial charge in [-0.1, -0.05) is 12.1 Å². The summed E-state index contributed by atoms with van der Waals surface area (Å²) >= 11 is 0. The Morgan fingerprint density at radius 3 is 2.55 bits per heavy atom. The van der Waals surface area contributed by atoms with Crippen LogP contribution in [0.15, 0.2) is 36.5 Å². The maximum Gasteiger partial charge on any atom is 0.387 e. The van der Waals surface area contributed by atoms with E-state index in [1.54, 1.807) is 43.7 Å². The smallest absolute Gasteiger partial charge is 0.387 e. The summed E-state index contributed by atoms with van der Waals surface area (Å²) in [5.74, 6) is -0.346. The first-order chi connectivity index (χ1) is 14.5. The summed E-state index contributed by atoms with van der Waals surface area (Å²) in [7, 11) is 0. The Labute approximate surface area is 179 Å². The molecule has 2 aromatic heterocycles. The second kappa shape index (κ2) is 8.58. The second-order valence-electron chi connectivity index (χ2n) is 8.24. The Morgan fingerprint density at radius 2 is 1.94 bits per heavy atom. The molecule has 3 rings (SSSR count). The standard InChI is InChI=1S/C22H26F2N4O3/c1-12(2)28-17-10-15(20(30)26-22(4,5)13(3)29)11-25-19(17)18(27-28)14-7-6-8-16(9-14)31-21(23)24/h6-13,21,29H,1-5H3,(H,26,30)/t13-/m1/s1. The molecule has 3 aromatic rings. The number of pyridine rings is 1. The third-order valence-electron chi connectivity index (χ3n) is 5.11. The van der Waals surface area contributed by atoms with Gasteiger partial charge in [-0.05, 0) is 52.8 Å². The highest BCUT2D eigenvalue weighted by atomic mass is 19.3. The van der Waals surface area contributed by atoms with Crippen molar-refractivity contribution in [2.45, 2.75) is 58.9 Å². The lowest BCUT2D eigenvalue weighted by Crippen LogP contribution is -2.51. The molecule has 1 aromatic carbocycles. The highest BCUT2D eigenvalue weighted by Crippen LogP contribution is 2.31. The van der Waals surface area contributed by atoms with E-state index < -0.39 is 18.3 Å². The first-order valence-electron chi connectivity index (χ1n) is 9.93. The Bertz CT molecular complexity index is 1090. The van der Waals surface area contributed by atoms with Crippen LogP contribution < -0.4 is 10.1 Å². The molecule has 2 heterocycles. The van der Waals surface area contributed by atoms with Gasteiger partial charge in [-0.2, -0.15) is 13.9 Å². The van der Waals surface area contributed by atoms with Crippen molar-refractivity contribution < 1.29 is 23.4 Å². The van der Waals surface area contributed by atoms with Crippen molar-refractivity contribution in [3.63, 3.8) is 0 Å². The largest absolute Gasteiger partial charge is 0.435 e. The number of carbonyl (C=O) groups excluding carboxylic acids is 1. The predicted octanol–water partition coefficient (Wildman–Crippen LogP) is 4.17. The summed E-state index contributed by atoms with van der Waals surface area (Å²) in [5.41, 5.74) is 1.74. The lowest BCUT2D eigenvalue weighted by Gasteiger charge is -2.29. The number of aliphatic hydroxyl groups excluding tert-OH is 1. The van der Waals surface area contributed by atoms with E-state index in [0.29, 0.717) is 27.9 Å². The molecular formula is C22H26F2N4O3. The van der Waals surface area contributed by atoms with E-state index in [1.807, 2.05) is 13.8 Å². The molecule has 1 atom stereocenters. The van der Waals surface area contributed by atoms with Crippen LogP contribution in [0.2, 0.25) is 0 Å². The van der Waals surface area contributed by atoms with Gasteiger partial charge >= 0.3 is 6.61 Å². The zero-order valence-electron chi connectivity index (χ0n) is 18.1. The summed E-state index contributed by atoms with van der Waals surface area (Å²) in [6.07, 6.45) is 0.689. The molecule has 0 spiro atoms. The van der Waals surface area contributed by atoms with Crippen molar-refractivity contribution in [1.82, 2.24) is 20.1 Å². The van der Waals surface area contributed by atoms with Crippen LogP contribution in [0, 0.1) is 0 Å². The average Bonchev–Trinajstić information content (AvgIpc) is 3.06. The molecule has 2 N–H and O–H groups in total. The summed E-state index contributed by atoms with van der Waals surface area (Å²) in [5, 5.41) is 17.3. The Hall–Kier alpha value is -3.07. The number of ether oxygens (including phenoxy) is 1. The predicted molar refractivity (Wildman–Crippen MR) is 113 cm³/mol. The van der Waals surface area contributed by atoms with Gasteiger partial charge in [0.05, 0.1) is 22.7 Å². The molecular weight excluding hydrogens is 406 g/mol. The molecule has 0 aliphatic rings. The van der Waals surface area contributed by atoms with Gasteiger partial charge in [0, 0.05) is 17.8 Å². The van der Waals surface area contributed by atoms with Crippen molar-refractivity contribution in [3.8, 4) is 17.0 Å². The van der Waals surface area contributed by atoms with Crippen LogP contribution in [0.4, 0.5) is 8.78 Å². The van der Waals surface area contributed by atoms with E-state index in [4.69, 9.17) is 0 Å². The fourth-order valence-corrected chi connectivity index (χ4v) is 3.02. The third-order valence-corrected chi connectivity index (χ3v) is 5.11. The molecule has 0 radical (unpaired) electrons. The number of aromatic nitrogens is 3. The number of fused-ring (bicyclic) bond motifs is 1. The fourth-order valence-electron chi connectivity index (χ4n) is 3.02. The summed E-state index contributed by atoms with van der Waals surface area (Å²) < 4.78 is 31.4. The van der Waals surface area contributed by atoms with Gasteiger partial charge in [0.25, 0.3) is 5.91 Å². The van der Waals surface area contributed by atoms with Crippen LogP contribution in [-0.4, -0.2) is 44.0 Å². The Kier molecular flexibility index (Phi) is 6.26. The van der Waals surface area contributed by atoms with Crippen molar-refractivity contribution in [3.05, 3.63) is 42.1 Å². The number of amides is 1. The van der Waals surface area contributed by atoms with Gasteiger partial charge in [-0.25, -0.2) is 0 Å². The van der Waals surface area contributed by atoms with E-state index in [2.05, 4.69) is 20.1 Å². The number of carbonyl (C=O) groups is 1. The number of hydrogen-bond donors (Lipinski definition) is 2. The lowest BCUT2D eigenvalue weighted by molar-refractivity contribution is -0.0498. The Morgan fingerprint density at radius 1 is 1.23 bits per heavy atom. The van der Waals surface area contributed by atoms with Crippen LogP contribution in [-0.2, 0) is 0 Å². The van der Waals surface area contributed by atoms with Gasteiger partial charge < -0.3 is 15.2 Å². The molecule has 7 nitrogen and oxygen atoms in total. The quantitative estimate of drug-likeness (QED) is 0.585. The molecule has 0 saturated heterocycles. The highest BCUT2D eigenvalue weighted by molar-refractivity contribution is 5.99. The van der Waals surface area contributed by atoms with Crippen LogP contribution in [0.5, 0.6) is 5.75 Å². The van der Waals surface area contributed by atoms with E-state index >= 15 is 0 Å². The number of hydrogen-bond acceptors (Lipinski definition) is 5. The van der Waals surface area contributed by atoms with Gasteiger partial charge in [-0.3, -0.25) is 14.5 Å². The minimum atomic E-state index is -2.93. The van der Waals surface area contributed by atoms with Gasteiger partial charge in [0.2, 0.25) is 0 Å². The first kappa shape index (κ1) is 22.6. The van der Waals surface area contributed by atoms with Gasteiger partial charge in [0.15, 0.2) is 0 Å². The van der Waals surface area contributed by atoms with Crippen LogP contribution in [0.1, 0.15) is 51.0 Å². The minimum absolute atomic E-state index is 0.0242. The normalized spacial score (nSPS) is 13.1. The molecule has 0 fully saturated rings. The topological polar surface area (TPSA) is 89.3 Å². The molecule has 9 heteroatoms. The lowest BCUT2D eigenvalue weighted by atomic mass is 9.98. The molecule has 0 aliphatic carbocycles. The van der Waals surface area contributed by atoms with Crippen molar-refractivity contribution in [2.24, 2.45) is 0 Å². The Balaban J connectivity index is 2.06. The van der Waals surface area contributed by atoms with Crippen molar-refractivity contribution >= 4 is 16.9 Å². The molecule has 0 aliphatic heterocycles. The molecule has 0 bridgehead atoms. The maximum atomic E-state index is 12.7. The van der Waals surface area contributed by atoms with Crippen LogP contribution in [0.3, 0.4) is 0 Å². The third kappa shape index (κ3) is 4.82. The first-order valence-corrected chi connectivity index (χ1v) is 9.93. The number of aliphatic hydroxyl groups is 1. The van der Waals surface area contributed by atoms with Crippen LogP contribution in [0.25, 0.3) is 22.3 Å². The van der Waals surface area contributed by atoms with Crippen molar-refractivity contribution in [1.29, 1.82) is 0 Å². The molecule has 0 unspecified atom stereocenters. The number of halogens is 2.